The molecule has 144 valence electrons. The van der Waals surface area contributed by atoms with Crippen LogP contribution in [0.3, 0.4) is 0 Å². The Morgan fingerprint density at radius 3 is 2.64 bits per heavy atom. The molecule has 1 aromatic heterocycles. The van der Waals surface area contributed by atoms with E-state index in [1.807, 2.05) is 29.6 Å². The maximum Gasteiger partial charge on any atom is 0.240 e. The third-order valence-corrected chi connectivity index (χ3v) is 5.17. The second kappa shape index (κ2) is 9.14. The Hall–Kier alpha value is -3.19. The van der Waals surface area contributed by atoms with Crippen LogP contribution in [0.5, 0.6) is 11.5 Å². The maximum atomic E-state index is 12.3. The summed E-state index contributed by atoms with van der Waals surface area (Å²) in [5.41, 5.74) is 3.89. The van der Waals surface area contributed by atoms with Crippen LogP contribution in [0.15, 0.2) is 52.9 Å². The fourth-order valence-electron chi connectivity index (χ4n) is 2.71. The number of nitrogens with zero attached hydrogens (tertiary/aromatic N) is 1. The van der Waals surface area contributed by atoms with Crippen LogP contribution in [0.25, 0.3) is 10.1 Å². The van der Waals surface area contributed by atoms with Crippen molar-refractivity contribution >= 4 is 39.3 Å². The minimum absolute atomic E-state index is 0.0505. The molecule has 28 heavy (non-hydrogen) atoms. The summed E-state index contributed by atoms with van der Waals surface area (Å²) >= 11 is 1.62. The van der Waals surface area contributed by atoms with E-state index in [2.05, 4.69) is 10.5 Å². The van der Waals surface area contributed by atoms with Gasteiger partial charge in [-0.3, -0.25) is 9.59 Å². The lowest BCUT2D eigenvalue weighted by Gasteiger charge is -2.08. The summed E-state index contributed by atoms with van der Waals surface area (Å²) in [6.07, 6.45) is 1.75. The highest BCUT2D eigenvalue weighted by Crippen LogP contribution is 2.28. The number of thiophene rings is 1. The number of hydrogen-bond donors (Lipinski definition) is 1. The Kier molecular flexibility index (Phi) is 6.39. The predicted molar refractivity (Wildman–Crippen MR) is 111 cm³/mol. The standard InChI is InChI=1S/C21H20N2O4S/c1-26-18-9-7-14(11-19(18)27-2)17(24)8-10-21(25)23-22-12-15-13-28-20-6-4-3-5-16(15)20/h3-7,9,11-13H,8,10H2,1-2H3,(H,23,25)/b22-12+. The zero-order valence-corrected chi connectivity index (χ0v) is 16.4. The molecule has 0 radical (unpaired) electrons. The van der Waals surface area contributed by atoms with Crippen molar-refractivity contribution in [2.45, 2.75) is 12.8 Å². The number of Topliss-reactive ketones (excluding diaryl/α,β-unsaturated/α-hetero) is 1. The summed E-state index contributed by atoms with van der Waals surface area (Å²) in [6.45, 7) is 0. The highest BCUT2D eigenvalue weighted by Gasteiger charge is 2.12. The second-order valence-electron chi connectivity index (χ2n) is 5.97. The lowest BCUT2D eigenvalue weighted by atomic mass is 10.1. The smallest absolute Gasteiger partial charge is 0.240 e. The van der Waals surface area contributed by atoms with Gasteiger partial charge in [0.1, 0.15) is 0 Å². The van der Waals surface area contributed by atoms with E-state index in [0.717, 1.165) is 15.6 Å². The van der Waals surface area contributed by atoms with Crippen molar-refractivity contribution in [1.29, 1.82) is 0 Å². The average molecular weight is 396 g/mol. The highest BCUT2D eigenvalue weighted by atomic mass is 32.1. The van der Waals surface area contributed by atoms with Crippen molar-refractivity contribution in [1.82, 2.24) is 5.43 Å². The van der Waals surface area contributed by atoms with Gasteiger partial charge in [-0.1, -0.05) is 18.2 Å². The van der Waals surface area contributed by atoms with Crippen molar-refractivity contribution in [2.24, 2.45) is 5.10 Å². The molecule has 6 nitrogen and oxygen atoms in total. The van der Waals surface area contributed by atoms with Crippen LogP contribution >= 0.6 is 11.3 Å². The first-order chi connectivity index (χ1) is 13.6. The minimum atomic E-state index is -0.315. The van der Waals surface area contributed by atoms with E-state index in [1.165, 1.54) is 14.2 Å². The lowest BCUT2D eigenvalue weighted by Crippen LogP contribution is -2.18. The molecule has 0 fully saturated rings. The van der Waals surface area contributed by atoms with Gasteiger partial charge in [-0.15, -0.1) is 11.3 Å². The molecule has 0 unspecified atom stereocenters. The molecular formula is C21H20N2O4S. The summed E-state index contributed by atoms with van der Waals surface area (Å²) < 4.78 is 11.5. The van der Waals surface area contributed by atoms with Gasteiger partial charge in [-0.05, 0) is 24.3 Å². The molecule has 7 heteroatoms. The number of carbonyl (C=O) groups is 2. The third-order valence-electron chi connectivity index (χ3n) is 4.19. The van der Waals surface area contributed by atoms with Crippen molar-refractivity contribution in [3.05, 3.63) is 59.0 Å². The number of methoxy groups -OCH3 is 2. The molecule has 3 aromatic rings. The number of hydrogen-bond acceptors (Lipinski definition) is 6. The van der Waals surface area contributed by atoms with Crippen LogP contribution < -0.4 is 14.9 Å². The number of amides is 1. The normalized spacial score (nSPS) is 10.9. The summed E-state index contributed by atoms with van der Waals surface area (Å²) in [7, 11) is 3.04. The van der Waals surface area contributed by atoms with Gasteiger partial charge in [0, 0.05) is 39.4 Å². The molecule has 3 rings (SSSR count). The topological polar surface area (TPSA) is 77.0 Å². The molecule has 1 amide bonds. The number of fused-ring (bicyclic) bond motifs is 1. The van der Waals surface area contributed by atoms with Crippen molar-refractivity contribution in [3.8, 4) is 11.5 Å². The predicted octanol–water partition coefficient (Wildman–Crippen LogP) is 4.03. The molecule has 1 N–H and O–H groups in total. The molecule has 0 bridgehead atoms. The average Bonchev–Trinajstić information content (AvgIpc) is 3.14. The highest BCUT2D eigenvalue weighted by molar-refractivity contribution is 7.17. The molecule has 0 aliphatic carbocycles. The van der Waals surface area contributed by atoms with E-state index in [4.69, 9.17) is 9.47 Å². The second-order valence-corrected chi connectivity index (χ2v) is 6.88. The molecular weight excluding hydrogens is 376 g/mol. The van der Waals surface area contributed by atoms with Crippen LogP contribution in [0.1, 0.15) is 28.8 Å². The zero-order valence-electron chi connectivity index (χ0n) is 15.6. The molecule has 0 spiro atoms. The number of hydrazone groups is 1. The number of ketones is 1. The first-order valence-electron chi connectivity index (χ1n) is 8.65. The molecule has 0 aliphatic heterocycles. The zero-order chi connectivity index (χ0) is 19.9. The van der Waals surface area contributed by atoms with E-state index in [-0.39, 0.29) is 24.5 Å². The number of benzene rings is 2. The Morgan fingerprint density at radius 2 is 1.86 bits per heavy atom. The SMILES string of the molecule is COc1ccc(C(=O)CCC(=O)N/N=C/c2csc3ccccc23)cc1OC. The number of rotatable bonds is 8. The van der Waals surface area contributed by atoms with E-state index < -0.39 is 0 Å². The lowest BCUT2D eigenvalue weighted by molar-refractivity contribution is -0.121. The maximum absolute atomic E-state index is 12.3. The Bertz CT molecular complexity index is 1030. The molecule has 0 saturated heterocycles. The summed E-state index contributed by atoms with van der Waals surface area (Å²) in [6, 6.07) is 12.9. The Labute approximate surface area is 166 Å². The quantitative estimate of drug-likeness (QED) is 0.354. The van der Waals surface area contributed by atoms with Crippen LogP contribution in [-0.2, 0) is 4.79 Å². The van der Waals surface area contributed by atoms with Gasteiger partial charge in [0.15, 0.2) is 17.3 Å². The van der Waals surface area contributed by atoms with Crippen LogP contribution in [-0.4, -0.2) is 32.1 Å². The molecule has 1 heterocycles. The van der Waals surface area contributed by atoms with E-state index in [0.29, 0.717) is 17.1 Å². The summed E-state index contributed by atoms with van der Waals surface area (Å²) in [4.78, 5) is 24.3. The van der Waals surface area contributed by atoms with E-state index in [9.17, 15) is 9.59 Å². The van der Waals surface area contributed by atoms with Crippen molar-refractivity contribution in [2.75, 3.05) is 14.2 Å². The first-order valence-corrected chi connectivity index (χ1v) is 9.53. The number of ether oxygens (including phenoxy) is 2. The molecule has 0 atom stereocenters. The van der Waals surface area contributed by atoms with Gasteiger partial charge < -0.3 is 9.47 Å². The number of carbonyl (C=O) groups excluding carboxylic acids is 2. The Balaban J connectivity index is 1.53. The van der Waals surface area contributed by atoms with Crippen molar-refractivity contribution in [3.63, 3.8) is 0 Å². The van der Waals surface area contributed by atoms with Gasteiger partial charge in [0.25, 0.3) is 0 Å². The molecule has 0 saturated carbocycles. The minimum Gasteiger partial charge on any atom is -0.493 e. The van der Waals surface area contributed by atoms with Gasteiger partial charge in [0.2, 0.25) is 5.91 Å². The fraction of sp³-hybridized carbons (Fsp3) is 0.190. The van der Waals surface area contributed by atoms with Gasteiger partial charge >= 0.3 is 0 Å². The van der Waals surface area contributed by atoms with Gasteiger partial charge in [-0.25, -0.2) is 5.43 Å². The fourth-order valence-corrected chi connectivity index (χ4v) is 3.62. The first kappa shape index (κ1) is 19.6. The number of nitrogens with one attached hydrogen (secondary N) is 1. The third kappa shape index (κ3) is 4.55. The van der Waals surface area contributed by atoms with Crippen LogP contribution in [0, 0.1) is 0 Å². The molecule has 0 aliphatic rings. The van der Waals surface area contributed by atoms with E-state index >= 15 is 0 Å². The van der Waals surface area contributed by atoms with Crippen LogP contribution in [0.4, 0.5) is 0 Å². The summed E-state index contributed by atoms with van der Waals surface area (Å²) in [5, 5.41) is 7.08. The Morgan fingerprint density at radius 1 is 1.07 bits per heavy atom. The van der Waals surface area contributed by atoms with Crippen molar-refractivity contribution < 1.29 is 19.1 Å². The monoisotopic (exact) mass is 396 g/mol. The van der Waals surface area contributed by atoms with E-state index in [1.54, 1.807) is 35.8 Å². The molecule has 2 aromatic carbocycles. The van der Waals surface area contributed by atoms with Gasteiger partial charge in [-0.2, -0.15) is 5.10 Å². The van der Waals surface area contributed by atoms with Gasteiger partial charge in [0.05, 0.1) is 20.4 Å². The largest absolute Gasteiger partial charge is 0.493 e. The summed E-state index contributed by atoms with van der Waals surface area (Å²) in [5.74, 6) is 0.561. The van der Waals surface area contributed by atoms with Crippen LogP contribution in [0.2, 0.25) is 0 Å².